The van der Waals surface area contributed by atoms with Crippen molar-refractivity contribution in [2.75, 3.05) is 0 Å². The van der Waals surface area contributed by atoms with Gasteiger partial charge < -0.3 is 0 Å². The maximum absolute atomic E-state index is 12.8. The van der Waals surface area contributed by atoms with E-state index in [0.29, 0.717) is 6.42 Å². The van der Waals surface area contributed by atoms with Crippen LogP contribution in [0.25, 0.3) is 0 Å². The number of hydrogen-bond acceptors (Lipinski definition) is 1. The average Bonchev–Trinajstić information content (AvgIpc) is 2.03. The maximum Gasteiger partial charge on any atom is 0.189 e. The molecule has 72 valence electrons. The maximum atomic E-state index is 12.8. The van der Waals surface area contributed by atoms with Crippen molar-refractivity contribution in [1.82, 2.24) is 0 Å². The minimum Gasteiger partial charge on any atom is -0.297 e. The molecule has 0 spiro atoms. The van der Waals surface area contributed by atoms with E-state index in [2.05, 4.69) is 0 Å². The van der Waals surface area contributed by atoms with Crippen molar-refractivity contribution >= 4 is 5.78 Å². The van der Waals surface area contributed by atoms with Gasteiger partial charge in [-0.3, -0.25) is 4.79 Å². The van der Waals surface area contributed by atoms with Crippen LogP contribution in [-0.2, 0) is 4.79 Å². The molecule has 2 atom stereocenters. The zero-order valence-electron chi connectivity index (χ0n) is 7.65. The number of alkyl halides is 2. The summed E-state index contributed by atoms with van der Waals surface area (Å²) < 4.78 is 25.4. The Bertz CT molecular complexity index is 136. The third kappa shape index (κ3) is 4.42. The van der Waals surface area contributed by atoms with Gasteiger partial charge in [0.2, 0.25) is 0 Å². The van der Waals surface area contributed by atoms with Gasteiger partial charge in [-0.25, -0.2) is 8.78 Å². The molecule has 0 saturated carbocycles. The molecule has 3 heteroatoms. The standard InChI is InChI=1S/C9H16F2O/c1-3-4-5-6-8(10)9(11)7(2)12/h8-9H,3-6H2,1-2H3. The Labute approximate surface area is 72.2 Å². The van der Waals surface area contributed by atoms with E-state index in [1.54, 1.807) is 0 Å². The summed E-state index contributed by atoms with van der Waals surface area (Å²) >= 11 is 0. The van der Waals surface area contributed by atoms with Gasteiger partial charge >= 0.3 is 0 Å². The van der Waals surface area contributed by atoms with Crippen LogP contribution in [0.15, 0.2) is 0 Å². The number of Topliss-reactive ketones (excluding diaryl/α,β-unsaturated/α-hetero) is 1. The highest BCUT2D eigenvalue weighted by atomic mass is 19.2. The Morgan fingerprint density at radius 1 is 1.33 bits per heavy atom. The lowest BCUT2D eigenvalue weighted by molar-refractivity contribution is -0.123. The van der Waals surface area contributed by atoms with E-state index in [1.165, 1.54) is 0 Å². The number of halogens is 2. The summed E-state index contributed by atoms with van der Waals surface area (Å²) in [6, 6.07) is 0. The van der Waals surface area contributed by atoms with Crippen molar-refractivity contribution in [1.29, 1.82) is 0 Å². The van der Waals surface area contributed by atoms with E-state index in [9.17, 15) is 13.6 Å². The van der Waals surface area contributed by atoms with Crippen LogP contribution in [0.3, 0.4) is 0 Å². The van der Waals surface area contributed by atoms with E-state index in [4.69, 9.17) is 0 Å². The monoisotopic (exact) mass is 178 g/mol. The number of hydrogen-bond donors (Lipinski definition) is 0. The van der Waals surface area contributed by atoms with Crippen LogP contribution in [-0.4, -0.2) is 18.1 Å². The van der Waals surface area contributed by atoms with E-state index in [0.717, 1.165) is 19.8 Å². The van der Waals surface area contributed by atoms with E-state index >= 15 is 0 Å². The van der Waals surface area contributed by atoms with Crippen molar-refractivity contribution in [3.63, 3.8) is 0 Å². The average molecular weight is 178 g/mol. The third-order valence-electron chi connectivity index (χ3n) is 1.79. The molecular formula is C9H16F2O. The molecule has 0 aliphatic heterocycles. The van der Waals surface area contributed by atoms with E-state index in [1.807, 2.05) is 6.92 Å². The van der Waals surface area contributed by atoms with Gasteiger partial charge in [0.15, 0.2) is 12.0 Å². The zero-order valence-corrected chi connectivity index (χ0v) is 7.65. The van der Waals surface area contributed by atoms with Crippen LogP contribution in [0.1, 0.15) is 39.5 Å². The Morgan fingerprint density at radius 2 is 1.92 bits per heavy atom. The molecule has 0 aromatic carbocycles. The topological polar surface area (TPSA) is 17.1 Å². The van der Waals surface area contributed by atoms with Crippen molar-refractivity contribution in [2.45, 2.75) is 51.9 Å². The van der Waals surface area contributed by atoms with Gasteiger partial charge in [0.1, 0.15) is 6.17 Å². The summed E-state index contributed by atoms with van der Waals surface area (Å²) in [6.45, 7) is 3.07. The van der Waals surface area contributed by atoms with Crippen LogP contribution in [0.4, 0.5) is 8.78 Å². The first-order valence-electron chi connectivity index (χ1n) is 4.38. The van der Waals surface area contributed by atoms with E-state index < -0.39 is 18.1 Å². The molecule has 0 N–H and O–H groups in total. The Balaban J connectivity index is 3.56. The molecule has 0 aliphatic carbocycles. The Hall–Kier alpha value is -0.470. The van der Waals surface area contributed by atoms with Crippen LogP contribution in [0.2, 0.25) is 0 Å². The second kappa shape index (κ2) is 6.09. The molecule has 0 radical (unpaired) electrons. The molecule has 0 aliphatic rings. The minimum absolute atomic E-state index is 0.161. The lowest BCUT2D eigenvalue weighted by atomic mass is 10.1. The molecule has 0 aromatic rings. The van der Waals surface area contributed by atoms with Gasteiger partial charge in [-0.1, -0.05) is 26.2 Å². The predicted molar refractivity (Wildman–Crippen MR) is 44.6 cm³/mol. The summed E-state index contributed by atoms with van der Waals surface area (Å²) in [5, 5.41) is 0. The smallest absolute Gasteiger partial charge is 0.189 e. The van der Waals surface area contributed by atoms with Crippen LogP contribution < -0.4 is 0 Å². The quantitative estimate of drug-likeness (QED) is 0.571. The first-order chi connectivity index (χ1) is 5.59. The van der Waals surface area contributed by atoms with Crippen LogP contribution in [0, 0.1) is 0 Å². The molecular weight excluding hydrogens is 162 g/mol. The minimum atomic E-state index is -1.91. The third-order valence-corrected chi connectivity index (χ3v) is 1.79. The molecule has 0 aromatic heterocycles. The summed E-state index contributed by atoms with van der Waals surface area (Å²) in [5.41, 5.74) is 0. The fourth-order valence-corrected chi connectivity index (χ4v) is 0.990. The number of ketones is 1. The van der Waals surface area contributed by atoms with Gasteiger partial charge in [-0.05, 0) is 13.3 Å². The molecule has 0 fully saturated rings. The summed E-state index contributed by atoms with van der Waals surface area (Å²) in [7, 11) is 0. The second-order valence-electron chi connectivity index (χ2n) is 3.02. The van der Waals surface area contributed by atoms with Crippen molar-refractivity contribution < 1.29 is 13.6 Å². The van der Waals surface area contributed by atoms with Gasteiger partial charge in [0, 0.05) is 0 Å². The predicted octanol–water partition coefficient (Wildman–Crippen LogP) is 2.83. The van der Waals surface area contributed by atoms with Crippen LogP contribution in [0.5, 0.6) is 0 Å². The number of rotatable bonds is 6. The van der Waals surface area contributed by atoms with Crippen LogP contribution >= 0.6 is 0 Å². The molecule has 12 heavy (non-hydrogen) atoms. The van der Waals surface area contributed by atoms with E-state index in [-0.39, 0.29) is 6.42 Å². The largest absolute Gasteiger partial charge is 0.297 e. The van der Waals surface area contributed by atoms with Gasteiger partial charge in [0.05, 0.1) is 0 Å². The summed E-state index contributed by atoms with van der Waals surface area (Å²) in [4.78, 5) is 10.4. The van der Waals surface area contributed by atoms with Crippen molar-refractivity contribution in [3.05, 3.63) is 0 Å². The van der Waals surface area contributed by atoms with Gasteiger partial charge in [-0.15, -0.1) is 0 Å². The SMILES string of the molecule is CCCCCC(F)C(F)C(C)=O. The molecule has 0 rings (SSSR count). The van der Waals surface area contributed by atoms with Gasteiger partial charge in [-0.2, -0.15) is 0 Å². The molecule has 0 saturated heterocycles. The van der Waals surface area contributed by atoms with Crippen molar-refractivity contribution in [3.8, 4) is 0 Å². The molecule has 0 bridgehead atoms. The van der Waals surface area contributed by atoms with Gasteiger partial charge in [0.25, 0.3) is 0 Å². The Morgan fingerprint density at radius 3 is 2.33 bits per heavy atom. The summed E-state index contributed by atoms with van der Waals surface area (Å²) in [5.74, 6) is -0.709. The molecule has 1 nitrogen and oxygen atoms in total. The number of unbranched alkanes of at least 4 members (excludes halogenated alkanes) is 2. The zero-order chi connectivity index (χ0) is 9.56. The number of carbonyl (C=O) groups excluding carboxylic acids is 1. The summed E-state index contributed by atoms with van der Waals surface area (Å²) in [6.07, 6.45) is -0.828. The van der Waals surface area contributed by atoms with Crippen molar-refractivity contribution in [2.24, 2.45) is 0 Å². The highest BCUT2D eigenvalue weighted by molar-refractivity contribution is 5.80. The Kier molecular flexibility index (Phi) is 5.85. The molecule has 0 heterocycles. The fraction of sp³-hybridized carbons (Fsp3) is 0.889. The highest BCUT2D eigenvalue weighted by Crippen LogP contribution is 2.13. The first kappa shape index (κ1) is 11.5. The fourth-order valence-electron chi connectivity index (χ4n) is 0.990. The number of carbonyl (C=O) groups is 1. The normalized spacial score (nSPS) is 15.7. The lowest BCUT2D eigenvalue weighted by Crippen LogP contribution is -2.24. The molecule has 2 unspecified atom stereocenters. The lowest BCUT2D eigenvalue weighted by Gasteiger charge is -2.09. The molecule has 0 amide bonds. The highest BCUT2D eigenvalue weighted by Gasteiger charge is 2.23. The second-order valence-corrected chi connectivity index (χ2v) is 3.02. The first-order valence-corrected chi connectivity index (χ1v) is 4.38.